The van der Waals surface area contributed by atoms with Crippen LogP contribution in [0.3, 0.4) is 0 Å². The van der Waals surface area contributed by atoms with Gasteiger partial charge in [0.05, 0.1) is 7.11 Å². The first-order valence-corrected chi connectivity index (χ1v) is 5.65. The van der Waals surface area contributed by atoms with Crippen molar-refractivity contribution in [3.63, 3.8) is 0 Å². The van der Waals surface area contributed by atoms with Gasteiger partial charge in [-0.05, 0) is 42.3 Å². The van der Waals surface area contributed by atoms with E-state index >= 15 is 0 Å². The lowest BCUT2D eigenvalue weighted by atomic mass is 10.0. The third kappa shape index (κ3) is 2.66. The quantitative estimate of drug-likeness (QED) is 0.866. The molecule has 1 unspecified atom stereocenters. The van der Waals surface area contributed by atoms with E-state index in [4.69, 9.17) is 4.42 Å². The van der Waals surface area contributed by atoms with E-state index in [2.05, 4.69) is 4.74 Å². The van der Waals surface area contributed by atoms with Gasteiger partial charge in [0, 0.05) is 0 Å². The van der Waals surface area contributed by atoms with Crippen molar-refractivity contribution >= 4 is 5.97 Å². The molecular weight excluding hydrogens is 251 g/mol. The Morgan fingerprint density at radius 1 is 1.37 bits per heavy atom. The molecule has 19 heavy (non-hydrogen) atoms. The average molecular weight is 264 g/mol. The summed E-state index contributed by atoms with van der Waals surface area (Å²) in [5, 5.41) is 10.2. The van der Waals surface area contributed by atoms with E-state index in [1.807, 2.05) is 0 Å². The van der Waals surface area contributed by atoms with Gasteiger partial charge in [-0.3, -0.25) is 0 Å². The van der Waals surface area contributed by atoms with Gasteiger partial charge < -0.3 is 14.3 Å². The number of hydrogen-bond donors (Lipinski definition) is 1. The van der Waals surface area contributed by atoms with Crippen molar-refractivity contribution in [3.05, 3.63) is 58.8 Å². The van der Waals surface area contributed by atoms with Crippen molar-refractivity contribution in [2.24, 2.45) is 0 Å². The SMILES string of the molecule is COC(=O)c1ccc(C(O)c2ccc(F)cc2C)o1. The van der Waals surface area contributed by atoms with Crippen LogP contribution in [0.2, 0.25) is 0 Å². The summed E-state index contributed by atoms with van der Waals surface area (Å²) in [5.74, 6) is -0.774. The number of methoxy groups -OCH3 is 1. The number of ether oxygens (including phenoxy) is 1. The molecule has 2 rings (SSSR count). The van der Waals surface area contributed by atoms with Crippen molar-refractivity contribution in [2.75, 3.05) is 7.11 Å². The summed E-state index contributed by atoms with van der Waals surface area (Å²) < 4.78 is 22.7. The summed E-state index contributed by atoms with van der Waals surface area (Å²) in [7, 11) is 1.24. The van der Waals surface area contributed by atoms with E-state index in [1.165, 1.54) is 37.4 Å². The zero-order valence-corrected chi connectivity index (χ0v) is 10.5. The van der Waals surface area contributed by atoms with Gasteiger partial charge in [0.1, 0.15) is 17.7 Å². The third-order valence-corrected chi connectivity index (χ3v) is 2.81. The Kier molecular flexibility index (Phi) is 3.66. The molecule has 0 bridgehead atoms. The van der Waals surface area contributed by atoms with Crippen LogP contribution in [0.1, 0.15) is 33.5 Å². The van der Waals surface area contributed by atoms with Crippen LogP contribution < -0.4 is 0 Å². The van der Waals surface area contributed by atoms with Gasteiger partial charge in [-0.2, -0.15) is 0 Å². The first-order valence-electron chi connectivity index (χ1n) is 5.65. The summed E-state index contributed by atoms with van der Waals surface area (Å²) in [6.07, 6.45) is -1.06. The molecule has 0 saturated carbocycles. The molecule has 0 radical (unpaired) electrons. The van der Waals surface area contributed by atoms with Crippen molar-refractivity contribution in [3.8, 4) is 0 Å². The number of carbonyl (C=O) groups is 1. The Balaban J connectivity index is 2.31. The van der Waals surface area contributed by atoms with E-state index in [-0.39, 0.29) is 17.3 Å². The maximum atomic E-state index is 13.0. The molecule has 1 heterocycles. The molecule has 0 saturated heterocycles. The Morgan fingerprint density at radius 2 is 2.11 bits per heavy atom. The highest BCUT2D eigenvalue weighted by molar-refractivity contribution is 5.86. The molecule has 0 spiro atoms. The minimum Gasteiger partial charge on any atom is -0.463 e. The highest BCUT2D eigenvalue weighted by atomic mass is 19.1. The zero-order valence-electron chi connectivity index (χ0n) is 10.5. The van der Waals surface area contributed by atoms with Gasteiger partial charge >= 0.3 is 5.97 Å². The maximum Gasteiger partial charge on any atom is 0.373 e. The summed E-state index contributed by atoms with van der Waals surface area (Å²) >= 11 is 0. The summed E-state index contributed by atoms with van der Waals surface area (Å²) in [6.45, 7) is 1.69. The smallest absolute Gasteiger partial charge is 0.373 e. The fourth-order valence-corrected chi connectivity index (χ4v) is 1.81. The van der Waals surface area contributed by atoms with E-state index in [0.29, 0.717) is 11.1 Å². The lowest BCUT2D eigenvalue weighted by molar-refractivity contribution is 0.0558. The van der Waals surface area contributed by atoms with Crippen LogP contribution in [-0.2, 0) is 4.74 Å². The van der Waals surface area contributed by atoms with Crippen molar-refractivity contribution in [2.45, 2.75) is 13.0 Å². The Labute approximate surface area is 109 Å². The molecule has 0 aliphatic carbocycles. The molecule has 1 atom stereocenters. The predicted octanol–water partition coefficient (Wildman–Crippen LogP) is 2.60. The minimum absolute atomic E-state index is 0.0105. The molecule has 0 amide bonds. The molecule has 1 N–H and O–H groups in total. The molecule has 100 valence electrons. The minimum atomic E-state index is -1.06. The lowest BCUT2D eigenvalue weighted by Gasteiger charge is -2.11. The normalized spacial score (nSPS) is 12.2. The predicted molar refractivity (Wildman–Crippen MR) is 65.2 cm³/mol. The van der Waals surface area contributed by atoms with Crippen LogP contribution in [0.5, 0.6) is 0 Å². The number of aliphatic hydroxyl groups excluding tert-OH is 1. The van der Waals surface area contributed by atoms with E-state index in [0.717, 1.165) is 0 Å². The molecule has 2 aromatic rings. The first kappa shape index (κ1) is 13.3. The van der Waals surface area contributed by atoms with Gasteiger partial charge in [0.2, 0.25) is 5.76 Å². The van der Waals surface area contributed by atoms with Gasteiger partial charge in [-0.15, -0.1) is 0 Å². The largest absolute Gasteiger partial charge is 0.463 e. The molecule has 0 aliphatic rings. The summed E-state index contributed by atoms with van der Waals surface area (Å²) in [5.41, 5.74) is 1.12. The molecule has 1 aromatic carbocycles. The highest BCUT2D eigenvalue weighted by Crippen LogP contribution is 2.26. The van der Waals surface area contributed by atoms with Crippen LogP contribution in [-0.4, -0.2) is 18.2 Å². The van der Waals surface area contributed by atoms with Crippen LogP contribution in [0, 0.1) is 12.7 Å². The van der Waals surface area contributed by atoms with Crippen LogP contribution >= 0.6 is 0 Å². The second-order valence-corrected chi connectivity index (χ2v) is 4.10. The Hall–Kier alpha value is -2.14. The van der Waals surface area contributed by atoms with E-state index in [9.17, 15) is 14.3 Å². The lowest BCUT2D eigenvalue weighted by Crippen LogP contribution is -2.02. The molecule has 4 nitrogen and oxygen atoms in total. The third-order valence-electron chi connectivity index (χ3n) is 2.81. The number of hydrogen-bond acceptors (Lipinski definition) is 4. The maximum absolute atomic E-state index is 13.0. The second kappa shape index (κ2) is 5.24. The number of aliphatic hydroxyl groups is 1. The van der Waals surface area contributed by atoms with Gasteiger partial charge in [-0.25, -0.2) is 9.18 Å². The molecule has 1 aromatic heterocycles. The average Bonchev–Trinajstić information content (AvgIpc) is 2.86. The van der Waals surface area contributed by atoms with Crippen LogP contribution in [0.25, 0.3) is 0 Å². The fourth-order valence-electron chi connectivity index (χ4n) is 1.81. The van der Waals surface area contributed by atoms with Crippen molar-refractivity contribution in [1.82, 2.24) is 0 Å². The fraction of sp³-hybridized carbons (Fsp3) is 0.214. The Bertz CT molecular complexity index is 603. The molecule has 5 heteroatoms. The number of furan rings is 1. The number of benzene rings is 1. The standard InChI is InChI=1S/C14H13FO4/c1-8-7-9(15)3-4-10(8)13(16)11-5-6-12(19-11)14(17)18-2/h3-7,13,16H,1-2H3. The zero-order chi connectivity index (χ0) is 14.0. The van der Waals surface area contributed by atoms with Crippen LogP contribution in [0.4, 0.5) is 4.39 Å². The van der Waals surface area contributed by atoms with E-state index < -0.39 is 12.1 Å². The number of esters is 1. The first-order chi connectivity index (χ1) is 9.02. The van der Waals surface area contributed by atoms with Gasteiger partial charge in [0.15, 0.2) is 0 Å². The topological polar surface area (TPSA) is 59.7 Å². The van der Waals surface area contributed by atoms with Crippen LogP contribution in [0.15, 0.2) is 34.7 Å². The second-order valence-electron chi connectivity index (χ2n) is 4.10. The summed E-state index contributed by atoms with van der Waals surface area (Å²) in [4.78, 5) is 11.3. The van der Waals surface area contributed by atoms with E-state index in [1.54, 1.807) is 6.92 Å². The number of carbonyl (C=O) groups excluding carboxylic acids is 1. The number of rotatable bonds is 3. The monoisotopic (exact) mass is 264 g/mol. The summed E-state index contributed by atoms with van der Waals surface area (Å²) in [6, 6.07) is 6.97. The van der Waals surface area contributed by atoms with Crippen molar-refractivity contribution in [1.29, 1.82) is 0 Å². The van der Waals surface area contributed by atoms with Gasteiger partial charge in [0.25, 0.3) is 0 Å². The Morgan fingerprint density at radius 3 is 2.74 bits per heavy atom. The highest BCUT2D eigenvalue weighted by Gasteiger charge is 2.19. The van der Waals surface area contributed by atoms with Crippen molar-refractivity contribution < 1.29 is 23.4 Å². The van der Waals surface area contributed by atoms with Gasteiger partial charge in [-0.1, -0.05) is 6.07 Å². The molecule has 0 fully saturated rings. The molecule has 0 aliphatic heterocycles. The number of aryl methyl sites for hydroxylation is 1. The molecular formula is C14H13FO4. The number of halogens is 1.